The molecular weight excluding hydrogens is 334 g/mol. The third-order valence-electron chi connectivity index (χ3n) is 5.02. The predicted molar refractivity (Wildman–Crippen MR) is 99.2 cm³/mol. The van der Waals surface area contributed by atoms with E-state index in [1.54, 1.807) is 4.90 Å². The molecule has 1 saturated heterocycles. The van der Waals surface area contributed by atoms with Crippen LogP contribution in [0.2, 0.25) is 0 Å². The molecule has 0 radical (unpaired) electrons. The number of benzene rings is 1. The Morgan fingerprint density at radius 3 is 2.96 bits per heavy atom. The van der Waals surface area contributed by atoms with Gasteiger partial charge >= 0.3 is 0 Å². The first-order valence-corrected chi connectivity index (χ1v) is 9.65. The molecule has 0 aliphatic carbocycles. The lowest BCUT2D eigenvalue weighted by molar-refractivity contribution is -0.118. The Bertz CT molecular complexity index is 817. The minimum absolute atomic E-state index is 0.0731. The Hall–Kier alpha value is -2.21. The maximum absolute atomic E-state index is 12.8. The van der Waals surface area contributed by atoms with Crippen molar-refractivity contribution in [2.45, 2.75) is 38.5 Å². The fraction of sp³-hybridized carbons (Fsp3) is 0.421. The molecule has 0 unspecified atom stereocenters. The molecule has 0 N–H and O–H groups in total. The van der Waals surface area contributed by atoms with Crippen molar-refractivity contribution in [1.29, 1.82) is 0 Å². The van der Waals surface area contributed by atoms with E-state index in [0.29, 0.717) is 12.3 Å². The molecule has 4 rings (SSSR count). The van der Waals surface area contributed by atoms with Crippen molar-refractivity contribution in [2.24, 2.45) is 0 Å². The van der Waals surface area contributed by atoms with E-state index in [2.05, 4.69) is 18.0 Å². The van der Waals surface area contributed by atoms with Gasteiger partial charge in [-0.25, -0.2) is 4.98 Å². The molecule has 2 aliphatic heterocycles. The number of rotatable bonds is 3. The van der Waals surface area contributed by atoms with Crippen LogP contribution in [-0.4, -0.2) is 29.9 Å². The first-order valence-electron chi connectivity index (χ1n) is 8.77. The average Bonchev–Trinajstić information content (AvgIpc) is 3.24. The van der Waals surface area contributed by atoms with Gasteiger partial charge in [-0.2, -0.15) is 0 Å². The summed E-state index contributed by atoms with van der Waals surface area (Å²) in [4.78, 5) is 32.8. The fourth-order valence-electron chi connectivity index (χ4n) is 3.61. The van der Waals surface area contributed by atoms with Gasteiger partial charge in [-0.1, -0.05) is 25.1 Å². The zero-order valence-electron chi connectivity index (χ0n) is 14.3. The monoisotopic (exact) mass is 355 g/mol. The van der Waals surface area contributed by atoms with Gasteiger partial charge < -0.3 is 4.90 Å². The lowest BCUT2D eigenvalue weighted by Gasteiger charge is -2.32. The molecule has 3 heterocycles. The largest absolute Gasteiger partial charge is 0.312 e. The summed E-state index contributed by atoms with van der Waals surface area (Å²) >= 11 is 1.45. The summed E-state index contributed by atoms with van der Waals surface area (Å²) in [5.74, 6) is 0.683. The Kier molecular flexibility index (Phi) is 4.29. The van der Waals surface area contributed by atoms with Gasteiger partial charge in [-0.3, -0.25) is 14.5 Å². The number of hydrogen-bond acceptors (Lipinski definition) is 4. The van der Waals surface area contributed by atoms with Crippen molar-refractivity contribution in [1.82, 2.24) is 4.98 Å². The van der Waals surface area contributed by atoms with Crippen LogP contribution in [0.3, 0.4) is 0 Å². The highest BCUT2D eigenvalue weighted by Gasteiger charge is 2.28. The topological polar surface area (TPSA) is 53.5 Å². The van der Waals surface area contributed by atoms with E-state index in [4.69, 9.17) is 0 Å². The normalized spacial score (nSPS) is 20.0. The predicted octanol–water partition coefficient (Wildman–Crippen LogP) is 3.35. The summed E-state index contributed by atoms with van der Waals surface area (Å²) in [5, 5.41) is 2.62. The lowest BCUT2D eigenvalue weighted by Crippen LogP contribution is -2.37. The highest BCUT2D eigenvalue weighted by molar-refractivity contribution is 7.14. The number of hydrogen-bond donors (Lipinski definition) is 0. The van der Waals surface area contributed by atoms with Crippen molar-refractivity contribution in [2.75, 3.05) is 22.9 Å². The standard InChI is InChI=1S/C19H21N3O2S/c1-13-8-10-21(16-6-3-2-5-15(13)16)18(24)11-14-12-25-19(20-14)22-9-4-7-17(22)23/h2-3,5-6,12-13H,4,7-11H2,1H3/t13-/m0/s1. The molecule has 1 aromatic carbocycles. The molecule has 0 saturated carbocycles. The summed E-state index contributed by atoms with van der Waals surface area (Å²) in [5.41, 5.74) is 3.01. The number of aromatic nitrogens is 1. The van der Waals surface area contributed by atoms with E-state index >= 15 is 0 Å². The Balaban J connectivity index is 1.50. The smallest absolute Gasteiger partial charge is 0.233 e. The third-order valence-corrected chi connectivity index (χ3v) is 5.93. The zero-order chi connectivity index (χ0) is 17.4. The third kappa shape index (κ3) is 3.06. The van der Waals surface area contributed by atoms with E-state index in [9.17, 15) is 9.59 Å². The molecule has 25 heavy (non-hydrogen) atoms. The molecule has 6 heteroatoms. The molecule has 1 aromatic heterocycles. The maximum Gasteiger partial charge on any atom is 0.233 e. The number of thiazole rings is 1. The summed E-state index contributed by atoms with van der Waals surface area (Å²) in [6.45, 7) is 3.69. The van der Waals surface area contributed by atoms with Gasteiger partial charge in [0, 0.05) is 30.6 Å². The van der Waals surface area contributed by atoms with E-state index in [-0.39, 0.29) is 18.2 Å². The van der Waals surface area contributed by atoms with Crippen molar-refractivity contribution in [3.05, 3.63) is 40.9 Å². The number of anilines is 2. The number of amides is 2. The van der Waals surface area contributed by atoms with E-state index in [1.807, 2.05) is 28.5 Å². The summed E-state index contributed by atoms with van der Waals surface area (Å²) in [6, 6.07) is 8.15. The minimum Gasteiger partial charge on any atom is -0.312 e. The molecule has 2 aromatic rings. The zero-order valence-corrected chi connectivity index (χ0v) is 15.1. The SMILES string of the molecule is C[C@H]1CCN(C(=O)Cc2csc(N3CCCC3=O)n2)c2ccccc21. The highest BCUT2D eigenvalue weighted by Crippen LogP contribution is 2.35. The second kappa shape index (κ2) is 6.59. The molecule has 130 valence electrons. The van der Waals surface area contributed by atoms with Gasteiger partial charge in [0.2, 0.25) is 11.8 Å². The van der Waals surface area contributed by atoms with Crippen molar-refractivity contribution in [3.8, 4) is 0 Å². The number of nitrogens with zero attached hydrogens (tertiary/aromatic N) is 3. The number of fused-ring (bicyclic) bond motifs is 1. The molecule has 0 bridgehead atoms. The van der Waals surface area contributed by atoms with Crippen LogP contribution in [0.25, 0.3) is 0 Å². The molecule has 1 atom stereocenters. The van der Waals surface area contributed by atoms with Crippen LogP contribution in [0.1, 0.15) is 43.4 Å². The molecule has 0 spiro atoms. The van der Waals surface area contributed by atoms with Crippen molar-refractivity contribution in [3.63, 3.8) is 0 Å². The molecule has 2 aliphatic rings. The van der Waals surface area contributed by atoms with Gasteiger partial charge in [-0.15, -0.1) is 11.3 Å². The van der Waals surface area contributed by atoms with Crippen molar-refractivity contribution < 1.29 is 9.59 Å². The second-order valence-electron chi connectivity index (χ2n) is 6.74. The number of carbonyl (C=O) groups excluding carboxylic acids is 2. The maximum atomic E-state index is 12.8. The highest BCUT2D eigenvalue weighted by atomic mass is 32.1. The Morgan fingerprint density at radius 1 is 1.32 bits per heavy atom. The molecule has 2 amide bonds. The quantitative estimate of drug-likeness (QED) is 0.848. The molecule has 5 nitrogen and oxygen atoms in total. The Labute approximate surface area is 151 Å². The van der Waals surface area contributed by atoms with E-state index in [0.717, 1.165) is 42.4 Å². The summed E-state index contributed by atoms with van der Waals surface area (Å²) in [6.07, 6.45) is 2.74. The van der Waals surface area contributed by atoms with Crippen molar-refractivity contribution >= 4 is 34.0 Å². The van der Waals surface area contributed by atoms with Crippen LogP contribution in [-0.2, 0) is 16.0 Å². The molecule has 1 fully saturated rings. The lowest BCUT2D eigenvalue weighted by atomic mass is 9.91. The first kappa shape index (κ1) is 16.3. The average molecular weight is 355 g/mol. The van der Waals surface area contributed by atoms with E-state index < -0.39 is 0 Å². The summed E-state index contributed by atoms with van der Waals surface area (Å²) < 4.78 is 0. The second-order valence-corrected chi connectivity index (χ2v) is 7.58. The fourth-order valence-corrected chi connectivity index (χ4v) is 4.48. The van der Waals surface area contributed by atoms with E-state index in [1.165, 1.54) is 16.9 Å². The van der Waals surface area contributed by atoms with Crippen LogP contribution >= 0.6 is 11.3 Å². The van der Waals surface area contributed by atoms with Gasteiger partial charge in [-0.05, 0) is 30.4 Å². The van der Waals surface area contributed by atoms with Crippen LogP contribution in [0, 0.1) is 0 Å². The van der Waals surface area contributed by atoms with Crippen LogP contribution in [0.15, 0.2) is 29.6 Å². The van der Waals surface area contributed by atoms with Crippen LogP contribution in [0.4, 0.5) is 10.8 Å². The summed E-state index contributed by atoms with van der Waals surface area (Å²) in [7, 11) is 0. The van der Waals surface area contributed by atoms with Gasteiger partial charge in [0.1, 0.15) is 0 Å². The van der Waals surface area contributed by atoms with Gasteiger partial charge in [0.05, 0.1) is 12.1 Å². The van der Waals surface area contributed by atoms with Gasteiger partial charge in [0.25, 0.3) is 0 Å². The first-order chi connectivity index (χ1) is 12.1. The molecular formula is C19H21N3O2S. The van der Waals surface area contributed by atoms with Crippen LogP contribution < -0.4 is 9.80 Å². The minimum atomic E-state index is 0.0731. The number of para-hydroxylation sites is 1. The van der Waals surface area contributed by atoms with Crippen LogP contribution in [0.5, 0.6) is 0 Å². The number of carbonyl (C=O) groups is 2. The Morgan fingerprint density at radius 2 is 2.16 bits per heavy atom. The van der Waals surface area contributed by atoms with Gasteiger partial charge in [0.15, 0.2) is 5.13 Å².